The number of aromatic amines is 1. The molecule has 100 valence electrons. The number of hydrogen-bond acceptors (Lipinski definition) is 3. The molecule has 0 aliphatic carbocycles. The average Bonchev–Trinajstić information content (AvgIpc) is 2.94. The van der Waals surface area contributed by atoms with Crippen LogP contribution in [0.1, 0.15) is 15.9 Å². The predicted molar refractivity (Wildman–Crippen MR) is 78.4 cm³/mol. The lowest BCUT2D eigenvalue weighted by Crippen LogP contribution is -2.11. The highest BCUT2D eigenvalue weighted by atomic mass is 16.1. The second kappa shape index (κ2) is 5.05. The fourth-order valence-electron chi connectivity index (χ4n) is 2.15. The van der Waals surface area contributed by atoms with Crippen molar-refractivity contribution in [3.05, 3.63) is 59.8 Å². The van der Waals surface area contributed by atoms with E-state index in [1.807, 2.05) is 30.3 Å². The highest BCUT2D eigenvalue weighted by Crippen LogP contribution is 2.21. The number of rotatable bonds is 4. The van der Waals surface area contributed by atoms with Crippen LogP contribution in [0.4, 0.5) is 5.69 Å². The summed E-state index contributed by atoms with van der Waals surface area (Å²) in [6, 6.07) is 13.2. The van der Waals surface area contributed by atoms with Crippen molar-refractivity contribution in [2.45, 2.75) is 6.54 Å². The Bertz CT molecular complexity index is 763. The molecule has 0 unspecified atom stereocenters. The summed E-state index contributed by atoms with van der Waals surface area (Å²) in [4.78, 5) is 11.2. The van der Waals surface area contributed by atoms with Crippen molar-refractivity contribution in [3.8, 4) is 0 Å². The van der Waals surface area contributed by atoms with Gasteiger partial charge in [-0.2, -0.15) is 5.10 Å². The Morgan fingerprint density at radius 1 is 1.25 bits per heavy atom. The summed E-state index contributed by atoms with van der Waals surface area (Å²) in [5, 5.41) is 11.4. The van der Waals surface area contributed by atoms with E-state index >= 15 is 0 Å². The molecule has 0 saturated carbocycles. The van der Waals surface area contributed by atoms with Crippen LogP contribution < -0.4 is 11.1 Å². The minimum atomic E-state index is -0.414. The van der Waals surface area contributed by atoms with Gasteiger partial charge in [-0.3, -0.25) is 9.89 Å². The number of anilines is 1. The third-order valence-corrected chi connectivity index (χ3v) is 3.17. The molecule has 0 atom stereocenters. The lowest BCUT2D eigenvalue weighted by molar-refractivity contribution is 0.1000. The molecule has 5 heteroatoms. The largest absolute Gasteiger partial charge is 0.379 e. The van der Waals surface area contributed by atoms with Gasteiger partial charge in [0, 0.05) is 17.5 Å². The number of fused-ring (bicyclic) bond motifs is 1. The van der Waals surface area contributed by atoms with Gasteiger partial charge in [-0.15, -0.1) is 0 Å². The summed E-state index contributed by atoms with van der Waals surface area (Å²) in [5.41, 5.74) is 8.74. The topological polar surface area (TPSA) is 83.8 Å². The smallest absolute Gasteiger partial charge is 0.248 e. The van der Waals surface area contributed by atoms with Crippen molar-refractivity contribution >= 4 is 22.5 Å². The Morgan fingerprint density at radius 3 is 2.95 bits per heavy atom. The van der Waals surface area contributed by atoms with Gasteiger partial charge in [0.05, 0.1) is 17.4 Å². The number of para-hydroxylation sites is 1. The van der Waals surface area contributed by atoms with E-state index in [9.17, 15) is 4.79 Å². The lowest BCUT2D eigenvalue weighted by Gasteiger charge is -2.08. The quantitative estimate of drug-likeness (QED) is 0.677. The molecule has 3 rings (SSSR count). The zero-order chi connectivity index (χ0) is 13.9. The van der Waals surface area contributed by atoms with Crippen molar-refractivity contribution in [1.82, 2.24) is 10.2 Å². The molecule has 0 aliphatic rings. The number of nitrogens with two attached hydrogens (primary N) is 1. The van der Waals surface area contributed by atoms with E-state index in [1.54, 1.807) is 18.3 Å². The number of nitrogens with one attached hydrogen (secondary N) is 2. The molecular weight excluding hydrogens is 252 g/mol. The second-order valence-corrected chi connectivity index (χ2v) is 4.56. The first-order valence-corrected chi connectivity index (χ1v) is 6.29. The van der Waals surface area contributed by atoms with E-state index < -0.39 is 5.91 Å². The molecule has 0 spiro atoms. The van der Waals surface area contributed by atoms with Crippen LogP contribution in [-0.4, -0.2) is 16.1 Å². The first-order valence-electron chi connectivity index (χ1n) is 6.29. The number of hydrogen-bond donors (Lipinski definition) is 3. The van der Waals surface area contributed by atoms with Crippen molar-refractivity contribution in [3.63, 3.8) is 0 Å². The molecule has 1 amide bonds. The van der Waals surface area contributed by atoms with Crippen LogP contribution in [0, 0.1) is 0 Å². The van der Waals surface area contributed by atoms with E-state index in [2.05, 4.69) is 15.5 Å². The number of aromatic nitrogens is 2. The summed E-state index contributed by atoms with van der Waals surface area (Å²) in [5.74, 6) is -0.414. The fraction of sp³-hybridized carbons (Fsp3) is 0.0667. The normalized spacial score (nSPS) is 10.6. The Morgan fingerprint density at radius 2 is 2.10 bits per heavy atom. The van der Waals surface area contributed by atoms with Gasteiger partial charge in [-0.05, 0) is 23.8 Å². The van der Waals surface area contributed by atoms with Gasteiger partial charge in [0.25, 0.3) is 0 Å². The number of benzene rings is 2. The van der Waals surface area contributed by atoms with Gasteiger partial charge in [0.2, 0.25) is 5.91 Å². The molecule has 5 nitrogen and oxygen atoms in total. The van der Waals surface area contributed by atoms with Crippen molar-refractivity contribution in [2.24, 2.45) is 5.73 Å². The number of carbonyl (C=O) groups excluding carboxylic acids is 1. The molecule has 1 aromatic heterocycles. The minimum Gasteiger partial charge on any atom is -0.379 e. The molecule has 2 aromatic carbocycles. The predicted octanol–water partition coefficient (Wildman–Crippen LogP) is 2.27. The third kappa shape index (κ3) is 2.33. The first kappa shape index (κ1) is 12.2. The maximum absolute atomic E-state index is 11.2. The van der Waals surface area contributed by atoms with Crippen LogP contribution in [0.3, 0.4) is 0 Å². The molecule has 0 saturated heterocycles. The van der Waals surface area contributed by atoms with E-state index in [0.717, 1.165) is 22.2 Å². The summed E-state index contributed by atoms with van der Waals surface area (Å²) < 4.78 is 0. The van der Waals surface area contributed by atoms with E-state index in [4.69, 9.17) is 5.73 Å². The molecule has 20 heavy (non-hydrogen) atoms. The van der Waals surface area contributed by atoms with Crippen LogP contribution in [0.2, 0.25) is 0 Å². The number of H-pyrrole nitrogens is 1. The number of primary amides is 1. The van der Waals surface area contributed by atoms with Crippen LogP contribution in [0.5, 0.6) is 0 Å². The molecule has 0 radical (unpaired) electrons. The van der Waals surface area contributed by atoms with Crippen molar-refractivity contribution in [1.29, 1.82) is 0 Å². The SMILES string of the molecule is NC(=O)c1cccc(CNc2cccc3cn[nH]c23)c1. The van der Waals surface area contributed by atoms with Gasteiger partial charge in [-0.1, -0.05) is 24.3 Å². The van der Waals surface area contributed by atoms with Crippen LogP contribution in [0.15, 0.2) is 48.7 Å². The van der Waals surface area contributed by atoms with Gasteiger partial charge >= 0.3 is 0 Å². The van der Waals surface area contributed by atoms with Gasteiger partial charge in [0.15, 0.2) is 0 Å². The zero-order valence-corrected chi connectivity index (χ0v) is 10.8. The van der Waals surface area contributed by atoms with E-state index in [1.165, 1.54) is 0 Å². The first-order chi connectivity index (χ1) is 9.74. The molecule has 0 fully saturated rings. The highest BCUT2D eigenvalue weighted by molar-refractivity contribution is 5.93. The third-order valence-electron chi connectivity index (χ3n) is 3.17. The van der Waals surface area contributed by atoms with E-state index in [0.29, 0.717) is 12.1 Å². The van der Waals surface area contributed by atoms with Gasteiger partial charge in [0.1, 0.15) is 0 Å². The second-order valence-electron chi connectivity index (χ2n) is 4.56. The fourth-order valence-corrected chi connectivity index (χ4v) is 2.15. The maximum atomic E-state index is 11.2. The average molecular weight is 266 g/mol. The standard InChI is InChI=1S/C15H14N4O/c16-15(20)11-4-1-3-10(7-11)8-17-13-6-2-5-12-9-18-19-14(12)13/h1-7,9,17H,8H2,(H2,16,20)(H,18,19). The minimum absolute atomic E-state index is 0.414. The Labute approximate surface area is 115 Å². The van der Waals surface area contributed by atoms with Crippen molar-refractivity contribution in [2.75, 3.05) is 5.32 Å². The highest BCUT2D eigenvalue weighted by Gasteiger charge is 2.04. The maximum Gasteiger partial charge on any atom is 0.248 e. The lowest BCUT2D eigenvalue weighted by atomic mass is 10.1. The Balaban J connectivity index is 1.81. The molecule has 4 N–H and O–H groups in total. The van der Waals surface area contributed by atoms with Gasteiger partial charge < -0.3 is 11.1 Å². The summed E-state index contributed by atoms with van der Waals surface area (Å²) in [6.45, 7) is 0.610. The molecular formula is C15H14N4O. The monoisotopic (exact) mass is 266 g/mol. The summed E-state index contributed by atoms with van der Waals surface area (Å²) >= 11 is 0. The van der Waals surface area contributed by atoms with E-state index in [-0.39, 0.29) is 0 Å². The van der Waals surface area contributed by atoms with Gasteiger partial charge in [-0.25, -0.2) is 0 Å². The van der Waals surface area contributed by atoms with Crippen LogP contribution >= 0.6 is 0 Å². The molecule has 3 aromatic rings. The summed E-state index contributed by atoms with van der Waals surface area (Å²) in [6.07, 6.45) is 1.79. The molecule has 0 aliphatic heterocycles. The van der Waals surface area contributed by atoms with Crippen LogP contribution in [-0.2, 0) is 6.54 Å². The van der Waals surface area contributed by atoms with Crippen LogP contribution in [0.25, 0.3) is 10.9 Å². The zero-order valence-electron chi connectivity index (χ0n) is 10.8. The summed E-state index contributed by atoms with van der Waals surface area (Å²) in [7, 11) is 0. The number of nitrogens with zero attached hydrogens (tertiary/aromatic N) is 1. The Kier molecular flexibility index (Phi) is 3.09. The number of amides is 1. The van der Waals surface area contributed by atoms with Crippen molar-refractivity contribution < 1.29 is 4.79 Å². The molecule has 1 heterocycles. The molecule has 0 bridgehead atoms. The Hall–Kier alpha value is -2.82. The number of carbonyl (C=O) groups is 1.